The Balaban J connectivity index is 1.74. The molecule has 0 bridgehead atoms. The van der Waals surface area contributed by atoms with Gasteiger partial charge in [0.1, 0.15) is 6.10 Å². The molecule has 2 atom stereocenters. The topological polar surface area (TPSA) is 154 Å². The molecule has 0 spiro atoms. The Morgan fingerprint density at radius 1 is 1.00 bits per heavy atom. The van der Waals surface area contributed by atoms with Gasteiger partial charge in [0, 0.05) is 41.9 Å². The Hall–Kier alpha value is -5.52. The molecule has 7 rings (SSSR count). The van der Waals surface area contributed by atoms with Crippen LogP contribution in [0.5, 0.6) is 5.75 Å². The van der Waals surface area contributed by atoms with Crippen LogP contribution in [0.2, 0.25) is 0 Å². The number of fused-ring (bicyclic) bond motifs is 10. The minimum atomic E-state index is -0.851. The number of ether oxygens (including phenoxy) is 2. The predicted molar refractivity (Wildman–Crippen MR) is 152 cm³/mol. The normalized spacial score (nSPS) is 18.1. The fourth-order valence-electron chi connectivity index (χ4n) is 6.55. The zero-order chi connectivity index (χ0) is 29.6. The van der Waals surface area contributed by atoms with Crippen LogP contribution in [0.25, 0.3) is 43.6 Å². The van der Waals surface area contributed by atoms with Gasteiger partial charge in [-0.2, -0.15) is 0 Å². The molecule has 3 aromatic carbocycles. The maximum Gasteiger partial charge on any atom is 0.320 e. The highest BCUT2D eigenvalue weighted by molar-refractivity contribution is 6.42. The van der Waals surface area contributed by atoms with Crippen LogP contribution in [0.4, 0.5) is 5.69 Å². The number of hydrogen-bond acceptors (Lipinski definition) is 8. The lowest BCUT2D eigenvalue weighted by atomic mass is 9.96. The van der Waals surface area contributed by atoms with E-state index in [-0.39, 0.29) is 33.3 Å². The maximum absolute atomic E-state index is 13.9. The van der Waals surface area contributed by atoms with Gasteiger partial charge >= 0.3 is 11.7 Å². The summed E-state index contributed by atoms with van der Waals surface area (Å²) >= 11 is 0. The number of imide groups is 3. The molecule has 3 heterocycles. The number of carbonyl (C=O) groups is 4. The van der Waals surface area contributed by atoms with Crippen LogP contribution in [0.15, 0.2) is 48.6 Å². The highest BCUT2D eigenvalue weighted by Crippen LogP contribution is 2.50. The van der Waals surface area contributed by atoms with E-state index < -0.39 is 40.8 Å². The van der Waals surface area contributed by atoms with E-state index in [9.17, 15) is 29.3 Å². The number of esters is 1. The third kappa shape index (κ3) is 3.22. The molecule has 2 aromatic heterocycles. The van der Waals surface area contributed by atoms with Crippen LogP contribution < -0.4 is 4.74 Å². The van der Waals surface area contributed by atoms with Crippen molar-refractivity contribution >= 4 is 73.0 Å². The van der Waals surface area contributed by atoms with Gasteiger partial charge in [0.05, 0.1) is 51.1 Å². The smallest absolute Gasteiger partial charge is 0.320 e. The number of nitrogens with zero attached hydrogens (tertiary/aromatic N) is 3. The average Bonchev–Trinajstić information content (AvgIpc) is 3.68. The molecule has 210 valence electrons. The molecule has 1 unspecified atom stereocenters. The molecule has 0 fully saturated rings. The molecule has 2 aliphatic rings. The number of carbonyl (C=O) groups excluding carboxylic acids is 4. The molecule has 1 aliphatic carbocycles. The lowest BCUT2D eigenvalue weighted by molar-refractivity contribution is -0.383. The van der Waals surface area contributed by atoms with Gasteiger partial charge in [-0.1, -0.05) is 24.3 Å². The van der Waals surface area contributed by atoms with E-state index in [2.05, 4.69) is 4.98 Å². The van der Waals surface area contributed by atoms with E-state index in [0.717, 1.165) is 6.92 Å². The molecule has 1 aliphatic heterocycles. The number of amides is 3. The summed E-state index contributed by atoms with van der Waals surface area (Å²) in [5, 5.41) is 13.9. The number of aromatic nitrogens is 2. The summed E-state index contributed by atoms with van der Waals surface area (Å²) in [6.45, 7) is 2.44. The molecular formula is C30H22N4O8. The van der Waals surface area contributed by atoms with Crippen LogP contribution in [0, 0.1) is 10.1 Å². The van der Waals surface area contributed by atoms with Gasteiger partial charge in [-0.25, -0.2) is 4.90 Å². The first kappa shape index (κ1) is 25.4. The molecule has 0 saturated heterocycles. The Bertz CT molecular complexity index is 2140. The summed E-state index contributed by atoms with van der Waals surface area (Å²) in [4.78, 5) is 68.0. The summed E-state index contributed by atoms with van der Waals surface area (Å²) in [6.07, 6.45) is 3.41. The molecule has 5 aromatic rings. The van der Waals surface area contributed by atoms with Crippen molar-refractivity contribution in [3.8, 4) is 5.75 Å². The first-order chi connectivity index (χ1) is 20.1. The van der Waals surface area contributed by atoms with Crippen molar-refractivity contribution in [1.29, 1.82) is 0 Å². The van der Waals surface area contributed by atoms with E-state index in [1.807, 2.05) is 22.8 Å². The van der Waals surface area contributed by atoms with Crippen LogP contribution in [0.3, 0.4) is 0 Å². The van der Waals surface area contributed by atoms with Gasteiger partial charge in [-0.3, -0.25) is 29.3 Å². The number of nitrogens with one attached hydrogen (secondary N) is 1. The third-order valence-corrected chi connectivity index (χ3v) is 8.02. The van der Waals surface area contributed by atoms with Crippen LogP contribution >= 0.6 is 0 Å². The van der Waals surface area contributed by atoms with Crippen molar-refractivity contribution in [2.24, 2.45) is 0 Å². The van der Waals surface area contributed by atoms with Crippen molar-refractivity contribution in [3.63, 3.8) is 0 Å². The number of hydrogen-bond donors (Lipinski definition) is 1. The lowest BCUT2D eigenvalue weighted by Gasteiger charge is -2.17. The lowest BCUT2D eigenvalue weighted by Crippen LogP contribution is -2.34. The van der Waals surface area contributed by atoms with Gasteiger partial charge in [-0.05, 0) is 24.3 Å². The van der Waals surface area contributed by atoms with Crippen molar-refractivity contribution in [3.05, 3.63) is 69.8 Å². The highest BCUT2D eigenvalue weighted by Gasteiger charge is 2.45. The van der Waals surface area contributed by atoms with Crippen LogP contribution in [-0.4, -0.2) is 56.3 Å². The Morgan fingerprint density at radius 3 is 2.38 bits per heavy atom. The van der Waals surface area contributed by atoms with Gasteiger partial charge in [-0.15, -0.1) is 0 Å². The maximum atomic E-state index is 13.9. The standard InChI is InChI=1S/C30H22N4O8/c1-13(35)32-29(37)24-21-17-6-4-5-7-18(17)31-26(21)28-23(25(24)30(32)38)22-19(10-11-20(41-3)27(22)34(39)40)33(28)15-8-9-16(12-15)42-14(2)36/h4-11,15-16,31H,12H2,1-3H3/t15?,16-/m1/s1. The average molecular weight is 567 g/mol. The number of methoxy groups -OCH3 is 1. The molecule has 12 nitrogen and oxygen atoms in total. The zero-order valence-corrected chi connectivity index (χ0v) is 22.6. The van der Waals surface area contributed by atoms with E-state index in [1.165, 1.54) is 20.1 Å². The molecule has 1 N–H and O–H groups in total. The number of nitro benzene ring substituents is 1. The summed E-state index contributed by atoms with van der Waals surface area (Å²) in [5.41, 5.74) is 1.54. The number of aromatic amines is 1. The second-order valence-corrected chi connectivity index (χ2v) is 10.3. The second kappa shape index (κ2) is 8.74. The summed E-state index contributed by atoms with van der Waals surface area (Å²) in [7, 11) is 1.31. The number of rotatable bonds is 4. The fourth-order valence-corrected chi connectivity index (χ4v) is 6.55. The second-order valence-electron chi connectivity index (χ2n) is 10.3. The quantitative estimate of drug-likeness (QED) is 0.106. The van der Waals surface area contributed by atoms with Crippen LogP contribution in [-0.2, 0) is 14.3 Å². The first-order valence-electron chi connectivity index (χ1n) is 13.1. The predicted octanol–water partition coefficient (Wildman–Crippen LogP) is 4.92. The molecule has 12 heteroatoms. The molecule has 42 heavy (non-hydrogen) atoms. The third-order valence-electron chi connectivity index (χ3n) is 8.02. The van der Waals surface area contributed by atoms with E-state index in [0.29, 0.717) is 44.2 Å². The minimum absolute atomic E-state index is 0.00562. The largest absolute Gasteiger partial charge is 0.490 e. The number of allylic oxidation sites excluding steroid dienone is 1. The monoisotopic (exact) mass is 566 g/mol. The Labute approximate surface area is 236 Å². The van der Waals surface area contributed by atoms with Gasteiger partial charge in [0.25, 0.3) is 11.8 Å². The Kier molecular flexibility index (Phi) is 5.29. The van der Waals surface area contributed by atoms with E-state index >= 15 is 0 Å². The van der Waals surface area contributed by atoms with E-state index in [1.54, 1.807) is 24.3 Å². The SMILES string of the molecule is COc1ccc2c(c1[N+](=O)[O-])c1c3c(c4c5ccccc5[nH]c4c1n2C1C=C[C@@H](OC(C)=O)C1)C(=O)N(C(C)=O)C3=O. The van der Waals surface area contributed by atoms with Gasteiger partial charge < -0.3 is 19.0 Å². The molecule has 0 radical (unpaired) electrons. The summed E-state index contributed by atoms with van der Waals surface area (Å²) < 4.78 is 12.7. The minimum Gasteiger partial charge on any atom is -0.490 e. The number of H-pyrrole nitrogens is 1. The van der Waals surface area contributed by atoms with Crippen molar-refractivity contribution < 1.29 is 33.6 Å². The molecular weight excluding hydrogens is 544 g/mol. The van der Waals surface area contributed by atoms with E-state index in [4.69, 9.17) is 9.47 Å². The summed E-state index contributed by atoms with van der Waals surface area (Å²) in [6, 6.07) is 9.95. The number of para-hydroxylation sites is 1. The number of nitro groups is 1. The van der Waals surface area contributed by atoms with Crippen molar-refractivity contribution in [2.75, 3.05) is 7.11 Å². The Morgan fingerprint density at radius 2 is 1.71 bits per heavy atom. The van der Waals surface area contributed by atoms with Crippen LogP contribution in [0.1, 0.15) is 47.0 Å². The zero-order valence-electron chi connectivity index (χ0n) is 22.6. The number of benzene rings is 3. The molecule has 0 saturated carbocycles. The highest BCUT2D eigenvalue weighted by atomic mass is 16.6. The van der Waals surface area contributed by atoms with Gasteiger partial charge in [0.15, 0.2) is 5.75 Å². The van der Waals surface area contributed by atoms with Crippen molar-refractivity contribution in [2.45, 2.75) is 32.4 Å². The first-order valence-corrected chi connectivity index (χ1v) is 13.1. The van der Waals surface area contributed by atoms with Crippen molar-refractivity contribution in [1.82, 2.24) is 14.5 Å². The van der Waals surface area contributed by atoms with Gasteiger partial charge in [0.2, 0.25) is 5.91 Å². The fraction of sp³-hybridized carbons (Fsp3) is 0.200. The summed E-state index contributed by atoms with van der Waals surface area (Å²) in [5.74, 6) is -2.88. The molecule has 3 amide bonds.